The molecule has 7 N–H and O–H groups in total. The summed E-state index contributed by atoms with van der Waals surface area (Å²) in [6.07, 6.45) is -12.3. The Morgan fingerprint density at radius 1 is 0.818 bits per heavy atom. The minimum Gasteiger partial charge on any atom is -0.394 e. The van der Waals surface area contributed by atoms with Crippen molar-refractivity contribution in [2.45, 2.75) is 55.1 Å². The van der Waals surface area contributed by atoms with Crippen LogP contribution >= 0.6 is 0 Å². The summed E-state index contributed by atoms with van der Waals surface area (Å²) in [5, 5.41) is 67.2. The molecule has 0 spiro atoms. The standard InChI is InChI=1S/C12H22O10/c13-1-5-8(17)11(4(15)3-20-5)22-12-10(19)9(18)7(16)6(2-14)21-12/h4-19H,1-3H2/t4-,5+,6+,7+,8+,9-,10+,11+,12+/m0/s1. The van der Waals surface area contributed by atoms with Gasteiger partial charge in [0.05, 0.1) is 19.8 Å². The van der Waals surface area contributed by atoms with Crippen molar-refractivity contribution in [1.29, 1.82) is 0 Å². The first-order chi connectivity index (χ1) is 10.4. The van der Waals surface area contributed by atoms with Crippen molar-refractivity contribution in [3.05, 3.63) is 0 Å². The maximum Gasteiger partial charge on any atom is 0.187 e. The zero-order chi connectivity index (χ0) is 16.4. The fourth-order valence-electron chi connectivity index (χ4n) is 2.52. The van der Waals surface area contributed by atoms with Crippen LogP contribution in [0.15, 0.2) is 0 Å². The zero-order valence-electron chi connectivity index (χ0n) is 11.7. The van der Waals surface area contributed by atoms with Gasteiger partial charge < -0.3 is 50.0 Å². The van der Waals surface area contributed by atoms with E-state index in [4.69, 9.17) is 24.4 Å². The molecule has 0 saturated carbocycles. The Labute approximate surface area is 126 Å². The number of rotatable bonds is 4. The zero-order valence-corrected chi connectivity index (χ0v) is 11.7. The van der Waals surface area contributed by atoms with Crippen LogP contribution in [0.4, 0.5) is 0 Å². The van der Waals surface area contributed by atoms with E-state index < -0.39 is 68.3 Å². The first kappa shape index (κ1) is 17.9. The van der Waals surface area contributed by atoms with Crippen LogP contribution in [-0.2, 0) is 14.2 Å². The van der Waals surface area contributed by atoms with Crippen LogP contribution in [0.25, 0.3) is 0 Å². The third-order valence-corrected chi connectivity index (χ3v) is 3.90. The van der Waals surface area contributed by atoms with E-state index in [0.29, 0.717) is 0 Å². The van der Waals surface area contributed by atoms with E-state index in [1.807, 2.05) is 0 Å². The molecule has 0 unspecified atom stereocenters. The third-order valence-electron chi connectivity index (χ3n) is 3.90. The van der Waals surface area contributed by atoms with Gasteiger partial charge in [-0.15, -0.1) is 0 Å². The summed E-state index contributed by atoms with van der Waals surface area (Å²) >= 11 is 0. The molecule has 0 amide bonds. The van der Waals surface area contributed by atoms with Crippen LogP contribution in [0.5, 0.6) is 0 Å². The number of aliphatic hydroxyl groups excluding tert-OH is 7. The highest BCUT2D eigenvalue weighted by atomic mass is 16.7. The Bertz CT molecular complexity index is 353. The number of hydrogen-bond acceptors (Lipinski definition) is 10. The molecule has 2 aliphatic heterocycles. The molecule has 0 bridgehead atoms. The molecule has 0 aromatic heterocycles. The minimum absolute atomic E-state index is 0.204. The second kappa shape index (κ2) is 7.45. The molecule has 9 atom stereocenters. The summed E-state index contributed by atoms with van der Waals surface area (Å²) in [5.41, 5.74) is 0. The summed E-state index contributed by atoms with van der Waals surface area (Å²) in [7, 11) is 0. The molecule has 2 heterocycles. The fourth-order valence-corrected chi connectivity index (χ4v) is 2.52. The Morgan fingerprint density at radius 2 is 1.45 bits per heavy atom. The van der Waals surface area contributed by atoms with E-state index in [1.165, 1.54) is 0 Å². The highest BCUT2D eigenvalue weighted by Gasteiger charge is 2.48. The Hall–Kier alpha value is -0.400. The van der Waals surface area contributed by atoms with Crippen molar-refractivity contribution in [2.75, 3.05) is 19.8 Å². The summed E-state index contributed by atoms with van der Waals surface area (Å²) in [5.74, 6) is 0. The summed E-state index contributed by atoms with van der Waals surface area (Å²) in [4.78, 5) is 0. The molecule has 2 saturated heterocycles. The highest BCUT2D eigenvalue weighted by Crippen LogP contribution is 2.26. The molecule has 0 aromatic rings. The molecule has 0 aromatic carbocycles. The monoisotopic (exact) mass is 326 g/mol. The van der Waals surface area contributed by atoms with Gasteiger partial charge in [-0.1, -0.05) is 0 Å². The summed E-state index contributed by atoms with van der Waals surface area (Å²) in [6.45, 7) is -1.32. The molecular formula is C12H22O10. The fraction of sp³-hybridized carbons (Fsp3) is 1.00. The minimum atomic E-state index is -1.65. The molecule has 10 heteroatoms. The van der Waals surface area contributed by atoms with Crippen molar-refractivity contribution >= 4 is 0 Å². The van der Waals surface area contributed by atoms with Crippen LogP contribution in [0.1, 0.15) is 0 Å². The average molecular weight is 326 g/mol. The largest absolute Gasteiger partial charge is 0.394 e. The lowest BCUT2D eigenvalue weighted by molar-refractivity contribution is -0.335. The van der Waals surface area contributed by atoms with E-state index in [9.17, 15) is 25.5 Å². The second-order valence-electron chi connectivity index (χ2n) is 5.41. The lowest BCUT2D eigenvalue weighted by atomic mass is 9.97. The Balaban J connectivity index is 2.07. The molecule has 2 fully saturated rings. The van der Waals surface area contributed by atoms with Crippen LogP contribution in [0, 0.1) is 0 Å². The third kappa shape index (κ3) is 3.41. The van der Waals surface area contributed by atoms with Gasteiger partial charge in [-0.2, -0.15) is 0 Å². The van der Waals surface area contributed by atoms with E-state index in [0.717, 1.165) is 0 Å². The Morgan fingerprint density at radius 3 is 2.05 bits per heavy atom. The first-order valence-electron chi connectivity index (χ1n) is 6.95. The smallest absolute Gasteiger partial charge is 0.187 e. The van der Waals surface area contributed by atoms with Crippen molar-refractivity contribution in [3.8, 4) is 0 Å². The van der Waals surface area contributed by atoms with Gasteiger partial charge in [0, 0.05) is 0 Å². The SMILES string of the molecule is OC[C@H]1O[C@H](O[C@H]2[C@H](O)[C@@H](CO)OC[C@@H]2O)[C@H](O)[C@@H](O)[C@@H]1O. The first-order valence-corrected chi connectivity index (χ1v) is 6.95. The maximum absolute atomic E-state index is 9.99. The lowest BCUT2D eigenvalue weighted by Gasteiger charge is -2.44. The van der Waals surface area contributed by atoms with Gasteiger partial charge in [-0.3, -0.25) is 0 Å². The van der Waals surface area contributed by atoms with Crippen LogP contribution in [0.3, 0.4) is 0 Å². The molecule has 2 aliphatic rings. The van der Waals surface area contributed by atoms with Gasteiger partial charge >= 0.3 is 0 Å². The number of ether oxygens (including phenoxy) is 3. The second-order valence-corrected chi connectivity index (χ2v) is 5.41. The van der Waals surface area contributed by atoms with Gasteiger partial charge in [0.15, 0.2) is 6.29 Å². The van der Waals surface area contributed by atoms with Gasteiger partial charge in [0.1, 0.15) is 48.8 Å². The van der Waals surface area contributed by atoms with Gasteiger partial charge in [-0.25, -0.2) is 0 Å². The van der Waals surface area contributed by atoms with Crippen molar-refractivity contribution in [1.82, 2.24) is 0 Å². The van der Waals surface area contributed by atoms with E-state index in [2.05, 4.69) is 0 Å². The van der Waals surface area contributed by atoms with Crippen molar-refractivity contribution in [3.63, 3.8) is 0 Å². The quantitative estimate of drug-likeness (QED) is 0.266. The van der Waals surface area contributed by atoms with Crippen molar-refractivity contribution < 1.29 is 50.0 Å². The predicted octanol–water partition coefficient (Wildman–Crippen LogP) is -4.72. The van der Waals surface area contributed by atoms with E-state index in [1.54, 1.807) is 0 Å². The molecule has 0 aliphatic carbocycles. The maximum atomic E-state index is 9.99. The molecule has 22 heavy (non-hydrogen) atoms. The normalized spacial score (nSPS) is 50.0. The molecule has 0 radical (unpaired) electrons. The van der Waals surface area contributed by atoms with Crippen LogP contribution in [0.2, 0.25) is 0 Å². The van der Waals surface area contributed by atoms with Gasteiger partial charge in [0.2, 0.25) is 0 Å². The number of hydrogen-bond donors (Lipinski definition) is 7. The molecular weight excluding hydrogens is 304 g/mol. The molecule has 130 valence electrons. The molecule has 10 nitrogen and oxygen atoms in total. The van der Waals surface area contributed by atoms with E-state index in [-0.39, 0.29) is 6.61 Å². The molecule has 2 rings (SSSR count). The number of aliphatic hydroxyl groups is 7. The van der Waals surface area contributed by atoms with Gasteiger partial charge in [-0.05, 0) is 0 Å². The van der Waals surface area contributed by atoms with Crippen LogP contribution in [-0.4, -0.2) is 111 Å². The average Bonchev–Trinajstić information content (AvgIpc) is 2.51. The summed E-state index contributed by atoms with van der Waals surface area (Å²) < 4.78 is 15.5. The van der Waals surface area contributed by atoms with Crippen molar-refractivity contribution in [2.24, 2.45) is 0 Å². The Kier molecular flexibility index (Phi) is 6.07. The summed E-state index contributed by atoms with van der Waals surface area (Å²) in [6, 6.07) is 0. The van der Waals surface area contributed by atoms with Crippen LogP contribution < -0.4 is 0 Å². The van der Waals surface area contributed by atoms with E-state index >= 15 is 0 Å². The topological polar surface area (TPSA) is 169 Å². The predicted molar refractivity (Wildman–Crippen MR) is 67.5 cm³/mol. The lowest BCUT2D eigenvalue weighted by Crippen LogP contribution is -2.63. The highest BCUT2D eigenvalue weighted by molar-refractivity contribution is 4.92. The van der Waals surface area contributed by atoms with Gasteiger partial charge in [0.25, 0.3) is 0 Å².